The first-order valence-corrected chi connectivity index (χ1v) is 8.47. The first-order chi connectivity index (χ1) is 9.52. The van der Waals surface area contributed by atoms with Gasteiger partial charge in [-0.1, -0.05) is 28.1 Å². The highest BCUT2D eigenvalue weighted by molar-refractivity contribution is 9.10. The Balaban J connectivity index is 2.43. The number of hydrogen-bond acceptors (Lipinski definition) is 3. The maximum atomic E-state index is 11.8. The SMILES string of the molecule is CSCC[C@H](NC(=O)CCc1cccc(Br)c1)C(=O)O. The van der Waals surface area contributed by atoms with Gasteiger partial charge < -0.3 is 10.4 Å². The van der Waals surface area contributed by atoms with E-state index in [-0.39, 0.29) is 5.91 Å². The van der Waals surface area contributed by atoms with Crippen LogP contribution in [-0.2, 0) is 16.0 Å². The number of carbonyl (C=O) groups excluding carboxylic acids is 1. The quantitative estimate of drug-likeness (QED) is 0.748. The average molecular weight is 360 g/mol. The Morgan fingerprint density at radius 1 is 1.45 bits per heavy atom. The number of amides is 1. The van der Waals surface area contributed by atoms with Crippen molar-refractivity contribution >= 4 is 39.6 Å². The Morgan fingerprint density at radius 2 is 2.20 bits per heavy atom. The molecule has 4 nitrogen and oxygen atoms in total. The van der Waals surface area contributed by atoms with Gasteiger partial charge in [0.15, 0.2) is 0 Å². The molecule has 0 aromatic heterocycles. The molecule has 20 heavy (non-hydrogen) atoms. The normalized spacial score (nSPS) is 11.9. The van der Waals surface area contributed by atoms with Crippen LogP contribution in [0.3, 0.4) is 0 Å². The smallest absolute Gasteiger partial charge is 0.326 e. The molecule has 0 aliphatic carbocycles. The van der Waals surface area contributed by atoms with E-state index in [0.29, 0.717) is 25.0 Å². The van der Waals surface area contributed by atoms with Gasteiger partial charge in [0.05, 0.1) is 0 Å². The van der Waals surface area contributed by atoms with Gasteiger partial charge in [-0.3, -0.25) is 4.79 Å². The lowest BCUT2D eigenvalue weighted by Gasteiger charge is -2.13. The molecule has 2 N–H and O–H groups in total. The van der Waals surface area contributed by atoms with Crippen LogP contribution >= 0.6 is 27.7 Å². The van der Waals surface area contributed by atoms with E-state index in [1.807, 2.05) is 30.5 Å². The molecule has 1 aromatic rings. The van der Waals surface area contributed by atoms with Crippen LogP contribution in [0.5, 0.6) is 0 Å². The number of halogens is 1. The number of aliphatic carboxylic acids is 1. The van der Waals surface area contributed by atoms with Crippen LogP contribution in [0.15, 0.2) is 28.7 Å². The van der Waals surface area contributed by atoms with E-state index in [2.05, 4.69) is 21.2 Å². The van der Waals surface area contributed by atoms with Crippen LogP contribution in [0.25, 0.3) is 0 Å². The summed E-state index contributed by atoms with van der Waals surface area (Å²) in [5.74, 6) is -0.489. The molecule has 0 saturated carbocycles. The maximum Gasteiger partial charge on any atom is 0.326 e. The van der Waals surface area contributed by atoms with Gasteiger partial charge in [-0.15, -0.1) is 0 Å². The molecular weight excluding hydrogens is 342 g/mol. The maximum absolute atomic E-state index is 11.8. The number of aryl methyl sites for hydroxylation is 1. The van der Waals surface area contributed by atoms with E-state index in [9.17, 15) is 9.59 Å². The summed E-state index contributed by atoms with van der Waals surface area (Å²) in [7, 11) is 0. The van der Waals surface area contributed by atoms with E-state index in [4.69, 9.17) is 5.11 Å². The second kappa shape index (κ2) is 9.02. The summed E-state index contributed by atoms with van der Waals surface area (Å²) in [5.41, 5.74) is 1.05. The summed E-state index contributed by atoms with van der Waals surface area (Å²) in [6.07, 6.45) is 3.24. The van der Waals surface area contributed by atoms with Gasteiger partial charge in [-0.2, -0.15) is 11.8 Å². The third kappa shape index (κ3) is 6.43. The molecule has 1 aromatic carbocycles. The number of thioether (sulfide) groups is 1. The Labute approximate surface area is 131 Å². The monoisotopic (exact) mass is 359 g/mol. The van der Waals surface area contributed by atoms with Crippen molar-refractivity contribution in [3.63, 3.8) is 0 Å². The lowest BCUT2D eigenvalue weighted by Crippen LogP contribution is -2.41. The Hall–Kier alpha value is -1.01. The number of carboxylic acid groups (broad SMARTS) is 1. The van der Waals surface area contributed by atoms with Gasteiger partial charge in [0, 0.05) is 10.9 Å². The van der Waals surface area contributed by atoms with Gasteiger partial charge in [-0.25, -0.2) is 4.79 Å². The molecule has 0 aliphatic rings. The zero-order valence-corrected chi connectivity index (χ0v) is 13.7. The first-order valence-electron chi connectivity index (χ1n) is 6.28. The van der Waals surface area contributed by atoms with Gasteiger partial charge in [0.2, 0.25) is 5.91 Å². The van der Waals surface area contributed by atoms with Gasteiger partial charge in [0.25, 0.3) is 0 Å². The first kappa shape index (κ1) is 17.0. The lowest BCUT2D eigenvalue weighted by molar-refractivity contribution is -0.141. The van der Waals surface area contributed by atoms with E-state index in [1.54, 1.807) is 11.8 Å². The molecule has 0 heterocycles. The Bertz CT molecular complexity index is 467. The second-order valence-corrected chi connectivity index (χ2v) is 6.27. The largest absolute Gasteiger partial charge is 0.480 e. The van der Waals surface area contributed by atoms with Crippen molar-refractivity contribution < 1.29 is 14.7 Å². The molecule has 0 bridgehead atoms. The summed E-state index contributed by atoms with van der Waals surface area (Å²) in [5, 5.41) is 11.6. The Morgan fingerprint density at radius 3 is 2.80 bits per heavy atom. The van der Waals surface area contributed by atoms with Crippen LogP contribution < -0.4 is 5.32 Å². The molecular formula is C14H18BrNO3S. The average Bonchev–Trinajstić information content (AvgIpc) is 2.41. The zero-order chi connectivity index (χ0) is 15.0. The summed E-state index contributed by atoms with van der Waals surface area (Å²) < 4.78 is 0.971. The molecule has 0 aliphatic heterocycles. The van der Waals surface area contributed by atoms with Crippen molar-refractivity contribution in [2.45, 2.75) is 25.3 Å². The predicted molar refractivity (Wildman–Crippen MR) is 85.0 cm³/mol. The molecule has 6 heteroatoms. The fraction of sp³-hybridized carbons (Fsp3) is 0.429. The van der Waals surface area contributed by atoms with Crippen LogP contribution in [-0.4, -0.2) is 35.0 Å². The highest BCUT2D eigenvalue weighted by Gasteiger charge is 2.18. The minimum Gasteiger partial charge on any atom is -0.480 e. The van der Waals surface area contributed by atoms with E-state index < -0.39 is 12.0 Å². The molecule has 1 rings (SSSR count). The molecule has 110 valence electrons. The third-order valence-corrected chi connectivity index (χ3v) is 3.91. The highest BCUT2D eigenvalue weighted by atomic mass is 79.9. The van der Waals surface area contributed by atoms with Gasteiger partial charge >= 0.3 is 5.97 Å². The van der Waals surface area contributed by atoms with Crippen molar-refractivity contribution in [1.82, 2.24) is 5.32 Å². The number of nitrogens with one attached hydrogen (secondary N) is 1. The number of benzene rings is 1. The number of hydrogen-bond donors (Lipinski definition) is 2. The summed E-state index contributed by atoms with van der Waals surface area (Å²) >= 11 is 4.94. The molecule has 1 atom stereocenters. The molecule has 0 radical (unpaired) electrons. The standard InChI is InChI=1S/C14H18BrNO3S/c1-20-8-7-12(14(18)19)16-13(17)6-5-10-3-2-4-11(15)9-10/h2-4,9,12H,5-8H2,1H3,(H,16,17)(H,18,19)/t12-/m0/s1. The van der Waals surface area contributed by atoms with Crippen LogP contribution in [0.2, 0.25) is 0 Å². The van der Waals surface area contributed by atoms with Crippen molar-refractivity contribution in [3.05, 3.63) is 34.3 Å². The lowest BCUT2D eigenvalue weighted by atomic mass is 10.1. The number of carbonyl (C=O) groups is 2. The fourth-order valence-electron chi connectivity index (χ4n) is 1.71. The fourth-order valence-corrected chi connectivity index (χ4v) is 2.63. The second-order valence-electron chi connectivity index (χ2n) is 4.37. The van der Waals surface area contributed by atoms with Crippen LogP contribution in [0, 0.1) is 0 Å². The molecule has 0 saturated heterocycles. The third-order valence-electron chi connectivity index (χ3n) is 2.77. The molecule has 0 spiro atoms. The number of carboxylic acids is 1. The molecule has 0 fully saturated rings. The Kier molecular flexibility index (Phi) is 7.69. The van der Waals surface area contributed by atoms with Crippen LogP contribution in [0.4, 0.5) is 0 Å². The highest BCUT2D eigenvalue weighted by Crippen LogP contribution is 2.13. The number of rotatable bonds is 8. The van der Waals surface area contributed by atoms with Crippen molar-refractivity contribution in [3.8, 4) is 0 Å². The molecule has 0 unspecified atom stereocenters. The van der Waals surface area contributed by atoms with Crippen molar-refractivity contribution in [2.75, 3.05) is 12.0 Å². The van der Waals surface area contributed by atoms with E-state index >= 15 is 0 Å². The predicted octanol–water partition coefficient (Wildman–Crippen LogP) is 2.70. The minimum absolute atomic E-state index is 0.224. The van der Waals surface area contributed by atoms with E-state index in [0.717, 1.165) is 10.0 Å². The summed E-state index contributed by atoms with van der Waals surface area (Å²) in [6, 6.07) is 6.94. The van der Waals surface area contributed by atoms with Gasteiger partial charge in [-0.05, 0) is 42.5 Å². The van der Waals surface area contributed by atoms with Crippen molar-refractivity contribution in [1.29, 1.82) is 0 Å². The summed E-state index contributed by atoms with van der Waals surface area (Å²) in [6.45, 7) is 0. The van der Waals surface area contributed by atoms with Gasteiger partial charge in [0.1, 0.15) is 6.04 Å². The van der Waals surface area contributed by atoms with Crippen molar-refractivity contribution in [2.24, 2.45) is 0 Å². The van der Waals surface area contributed by atoms with E-state index in [1.165, 1.54) is 0 Å². The van der Waals surface area contributed by atoms with Crippen LogP contribution in [0.1, 0.15) is 18.4 Å². The molecule has 1 amide bonds. The minimum atomic E-state index is -0.977. The zero-order valence-electron chi connectivity index (χ0n) is 11.3. The summed E-state index contributed by atoms with van der Waals surface area (Å²) in [4.78, 5) is 22.8. The topological polar surface area (TPSA) is 66.4 Å².